The number of nitrogens with one attached hydrogen (secondary N) is 1. The lowest BCUT2D eigenvalue weighted by Crippen LogP contribution is -2.30. The zero-order chi connectivity index (χ0) is 22.6. The number of nitrogens with zero attached hydrogens (tertiary/aromatic N) is 2. The van der Waals surface area contributed by atoms with Gasteiger partial charge in [-0.15, -0.1) is 0 Å². The highest BCUT2D eigenvalue weighted by atomic mass is 16.3. The number of carbonyl (C=O) groups is 1. The predicted octanol–water partition coefficient (Wildman–Crippen LogP) is 5.18. The Balaban J connectivity index is 1.46. The van der Waals surface area contributed by atoms with Gasteiger partial charge in [0.15, 0.2) is 0 Å². The van der Waals surface area contributed by atoms with E-state index in [9.17, 15) is 9.90 Å². The molecule has 5 rings (SSSR count). The van der Waals surface area contributed by atoms with Crippen molar-refractivity contribution in [3.8, 4) is 11.4 Å². The number of aromatic nitrogens is 2. The topological polar surface area (TPSA) is 67.2 Å². The van der Waals surface area contributed by atoms with Gasteiger partial charge in [-0.1, -0.05) is 78.9 Å². The summed E-state index contributed by atoms with van der Waals surface area (Å²) in [4.78, 5) is 13.1. The van der Waals surface area contributed by atoms with Gasteiger partial charge in [-0.05, 0) is 40.1 Å². The average Bonchev–Trinajstić information content (AvgIpc) is 3.32. The molecule has 1 amide bonds. The van der Waals surface area contributed by atoms with Gasteiger partial charge in [0.1, 0.15) is 5.75 Å². The highest BCUT2D eigenvalue weighted by molar-refractivity contribution is 5.89. The van der Waals surface area contributed by atoms with Gasteiger partial charge in [0.05, 0.1) is 24.3 Å². The molecule has 1 atom stereocenters. The number of phenolic OH excluding ortho intramolecular Hbond substituents is 1. The third-order valence-corrected chi connectivity index (χ3v) is 5.70. The van der Waals surface area contributed by atoms with E-state index in [-0.39, 0.29) is 18.1 Å². The molecule has 0 fully saturated rings. The van der Waals surface area contributed by atoms with E-state index in [4.69, 9.17) is 0 Å². The molecular weight excluding hydrogens is 410 g/mol. The minimum absolute atomic E-state index is 0.149. The molecule has 0 spiro atoms. The number of amides is 1. The van der Waals surface area contributed by atoms with E-state index < -0.39 is 6.04 Å². The molecule has 0 radical (unpaired) electrons. The fourth-order valence-corrected chi connectivity index (χ4v) is 4.13. The minimum Gasteiger partial charge on any atom is -0.508 e. The molecule has 0 aliphatic carbocycles. The first-order valence-electron chi connectivity index (χ1n) is 10.8. The third-order valence-electron chi connectivity index (χ3n) is 5.70. The summed E-state index contributed by atoms with van der Waals surface area (Å²) in [7, 11) is 0. The van der Waals surface area contributed by atoms with Crippen molar-refractivity contribution in [2.24, 2.45) is 0 Å². The zero-order valence-corrected chi connectivity index (χ0v) is 17.9. The van der Waals surface area contributed by atoms with E-state index in [1.807, 2.05) is 97.2 Å². The molecule has 0 saturated carbocycles. The van der Waals surface area contributed by atoms with Gasteiger partial charge >= 0.3 is 0 Å². The number of aromatic hydroxyl groups is 1. The minimum atomic E-state index is -0.492. The molecule has 162 valence electrons. The van der Waals surface area contributed by atoms with Gasteiger partial charge in [0, 0.05) is 11.8 Å². The molecular formula is C28H23N3O2. The van der Waals surface area contributed by atoms with Crippen LogP contribution in [0.3, 0.4) is 0 Å². The Morgan fingerprint density at radius 1 is 0.879 bits per heavy atom. The van der Waals surface area contributed by atoms with Gasteiger partial charge in [-0.2, -0.15) is 5.10 Å². The van der Waals surface area contributed by atoms with E-state index in [1.54, 1.807) is 16.9 Å². The number of phenols is 1. The van der Waals surface area contributed by atoms with Crippen LogP contribution in [0.1, 0.15) is 22.7 Å². The van der Waals surface area contributed by atoms with Crippen LogP contribution in [0.2, 0.25) is 0 Å². The molecule has 0 saturated heterocycles. The molecule has 4 aromatic carbocycles. The van der Waals surface area contributed by atoms with Crippen molar-refractivity contribution in [2.45, 2.75) is 12.5 Å². The Morgan fingerprint density at radius 3 is 2.36 bits per heavy atom. The molecule has 2 N–H and O–H groups in total. The van der Waals surface area contributed by atoms with Gasteiger partial charge < -0.3 is 10.4 Å². The van der Waals surface area contributed by atoms with E-state index in [1.165, 1.54) is 0 Å². The highest BCUT2D eigenvalue weighted by Gasteiger charge is 2.22. The summed E-state index contributed by atoms with van der Waals surface area (Å²) in [6.45, 7) is 0. The van der Waals surface area contributed by atoms with Crippen LogP contribution >= 0.6 is 0 Å². The van der Waals surface area contributed by atoms with Crippen molar-refractivity contribution in [3.05, 3.63) is 126 Å². The SMILES string of the molecule is O=C(Cc1cnn(-c2ccccc2)c1)NC(c1ccccc1)c1c(O)ccc2ccccc12. The van der Waals surface area contributed by atoms with Crippen LogP contribution in [0.4, 0.5) is 0 Å². The van der Waals surface area contributed by atoms with E-state index >= 15 is 0 Å². The Kier molecular flexibility index (Phi) is 5.60. The van der Waals surface area contributed by atoms with E-state index in [2.05, 4.69) is 10.4 Å². The molecule has 1 aromatic heterocycles. The van der Waals surface area contributed by atoms with Crippen LogP contribution in [0.25, 0.3) is 16.5 Å². The predicted molar refractivity (Wildman–Crippen MR) is 129 cm³/mol. The maximum Gasteiger partial charge on any atom is 0.225 e. The number of para-hydroxylation sites is 1. The summed E-state index contributed by atoms with van der Waals surface area (Å²) >= 11 is 0. The van der Waals surface area contributed by atoms with Crippen molar-refractivity contribution in [1.29, 1.82) is 0 Å². The summed E-state index contributed by atoms with van der Waals surface area (Å²) in [6, 6.07) is 30.4. The zero-order valence-electron chi connectivity index (χ0n) is 17.9. The molecule has 0 aliphatic heterocycles. The first-order chi connectivity index (χ1) is 16.2. The molecule has 33 heavy (non-hydrogen) atoms. The molecule has 1 heterocycles. The van der Waals surface area contributed by atoms with Crippen molar-refractivity contribution in [3.63, 3.8) is 0 Å². The fourth-order valence-electron chi connectivity index (χ4n) is 4.13. The second kappa shape index (κ2) is 9.01. The summed E-state index contributed by atoms with van der Waals surface area (Å²) in [5.41, 5.74) is 3.34. The molecule has 1 unspecified atom stereocenters. The van der Waals surface area contributed by atoms with E-state index in [0.29, 0.717) is 5.56 Å². The molecule has 5 aromatic rings. The maximum atomic E-state index is 13.1. The number of carbonyl (C=O) groups excluding carboxylic acids is 1. The monoisotopic (exact) mass is 433 g/mol. The van der Waals surface area contributed by atoms with Crippen molar-refractivity contribution < 1.29 is 9.90 Å². The highest BCUT2D eigenvalue weighted by Crippen LogP contribution is 2.35. The number of hydrogen-bond acceptors (Lipinski definition) is 3. The van der Waals surface area contributed by atoms with Crippen molar-refractivity contribution in [1.82, 2.24) is 15.1 Å². The lowest BCUT2D eigenvalue weighted by Gasteiger charge is -2.22. The number of benzene rings is 4. The summed E-state index contributed by atoms with van der Waals surface area (Å²) < 4.78 is 1.76. The second-order valence-electron chi connectivity index (χ2n) is 7.94. The summed E-state index contributed by atoms with van der Waals surface area (Å²) in [5, 5.41) is 20.2. The number of hydrogen-bond donors (Lipinski definition) is 2. The molecule has 5 nitrogen and oxygen atoms in total. The lowest BCUT2D eigenvalue weighted by atomic mass is 9.92. The number of fused-ring (bicyclic) bond motifs is 1. The van der Waals surface area contributed by atoms with Crippen LogP contribution in [0, 0.1) is 0 Å². The first-order valence-corrected chi connectivity index (χ1v) is 10.8. The average molecular weight is 434 g/mol. The second-order valence-corrected chi connectivity index (χ2v) is 7.94. The fraction of sp³-hybridized carbons (Fsp3) is 0.0714. The third kappa shape index (κ3) is 4.34. The lowest BCUT2D eigenvalue weighted by molar-refractivity contribution is -0.120. The van der Waals surface area contributed by atoms with Gasteiger partial charge in [-0.25, -0.2) is 4.68 Å². The van der Waals surface area contributed by atoms with Crippen LogP contribution < -0.4 is 5.32 Å². The Morgan fingerprint density at radius 2 is 1.58 bits per heavy atom. The summed E-state index contributed by atoms with van der Waals surface area (Å²) in [6.07, 6.45) is 3.75. The van der Waals surface area contributed by atoms with Crippen LogP contribution in [-0.2, 0) is 11.2 Å². The normalized spacial score (nSPS) is 11.9. The van der Waals surface area contributed by atoms with Crippen molar-refractivity contribution >= 4 is 16.7 Å². The largest absolute Gasteiger partial charge is 0.508 e. The van der Waals surface area contributed by atoms with Gasteiger partial charge in [-0.3, -0.25) is 4.79 Å². The number of rotatable bonds is 6. The molecule has 0 aliphatic rings. The Hall–Kier alpha value is -4.38. The Bertz CT molecular complexity index is 1390. The van der Waals surface area contributed by atoms with Gasteiger partial charge in [0.25, 0.3) is 0 Å². The standard InChI is InChI=1S/C28H23N3O2/c32-25-16-15-21-9-7-8-14-24(21)27(25)28(22-10-3-1-4-11-22)30-26(33)17-20-18-29-31(19-20)23-12-5-2-6-13-23/h1-16,18-19,28,32H,17H2,(H,30,33). The van der Waals surface area contributed by atoms with Gasteiger partial charge in [0.2, 0.25) is 5.91 Å². The Labute approximate surface area is 191 Å². The summed E-state index contributed by atoms with van der Waals surface area (Å²) in [5.74, 6) is 0.00329. The molecule has 5 heteroatoms. The van der Waals surface area contributed by atoms with Crippen molar-refractivity contribution in [2.75, 3.05) is 0 Å². The maximum absolute atomic E-state index is 13.1. The van der Waals surface area contributed by atoms with Crippen LogP contribution in [0.5, 0.6) is 5.75 Å². The first kappa shape index (κ1) is 20.5. The van der Waals surface area contributed by atoms with Crippen LogP contribution in [-0.4, -0.2) is 20.8 Å². The van der Waals surface area contributed by atoms with Crippen LogP contribution in [0.15, 0.2) is 109 Å². The smallest absolute Gasteiger partial charge is 0.225 e. The van der Waals surface area contributed by atoms with E-state index in [0.717, 1.165) is 27.6 Å². The molecule has 0 bridgehead atoms. The quantitative estimate of drug-likeness (QED) is 0.388.